The predicted octanol–water partition coefficient (Wildman–Crippen LogP) is 1.98. The number of carbonyl (C=O) groups is 2. The minimum Gasteiger partial charge on any atom is -0.382 e. The number of nitrogens with two attached hydrogens (primary N) is 3. The zero-order chi connectivity index (χ0) is 27.7. The van der Waals surface area contributed by atoms with Gasteiger partial charge < -0.3 is 27.8 Å². The zero-order valence-corrected chi connectivity index (χ0v) is 22.3. The Morgan fingerprint density at radius 3 is 2.26 bits per heavy atom. The van der Waals surface area contributed by atoms with Crippen LogP contribution in [0.3, 0.4) is 0 Å². The summed E-state index contributed by atoms with van der Waals surface area (Å²) in [4.78, 5) is 36.2. The molecule has 0 bridgehead atoms. The number of aliphatic imine (C=N–C) groups is 1. The lowest BCUT2D eigenvalue weighted by molar-refractivity contribution is -0.120. The van der Waals surface area contributed by atoms with Crippen molar-refractivity contribution in [2.45, 2.75) is 38.1 Å². The van der Waals surface area contributed by atoms with Gasteiger partial charge in [-0.15, -0.1) is 0 Å². The van der Waals surface area contributed by atoms with Crippen molar-refractivity contribution in [3.8, 4) is 0 Å². The van der Waals surface area contributed by atoms with Gasteiger partial charge in [0.05, 0.1) is 6.04 Å². The summed E-state index contributed by atoms with van der Waals surface area (Å²) < 4.78 is 0. The van der Waals surface area contributed by atoms with E-state index < -0.39 is 5.91 Å². The Balaban J connectivity index is 1.55. The third kappa shape index (κ3) is 7.30. The molecular weight excluding hydrogens is 506 g/mol. The van der Waals surface area contributed by atoms with Crippen molar-refractivity contribution >= 4 is 51.8 Å². The van der Waals surface area contributed by atoms with Crippen molar-refractivity contribution in [1.29, 1.82) is 0 Å². The number of benzene rings is 2. The van der Waals surface area contributed by atoms with Gasteiger partial charge in [0.15, 0.2) is 28.4 Å². The lowest BCUT2D eigenvalue weighted by atomic mass is 9.93. The van der Waals surface area contributed by atoms with Crippen molar-refractivity contribution in [2.75, 3.05) is 31.7 Å². The molecule has 202 valence electrons. The molecule has 2 amide bonds. The standard InChI is InChI=1S/C26H34ClN9O2/c1-31-19(23(29)37)13-12-16-11-10-15(17-8-3-4-9-18(16)17)7-5-6-14-33-26(30)36-25(38)20-22(28)35-24(32-2)21(27)34-20/h3-4,8-11,19,31H,5-7,12-14H2,1-2H3,(H2,29,37)(H3,28,32,35)(H3,30,33,36,38). The molecular formula is C26H34ClN9O2. The summed E-state index contributed by atoms with van der Waals surface area (Å²) in [5, 5.41) is 10.6. The van der Waals surface area contributed by atoms with E-state index in [0.717, 1.165) is 25.7 Å². The number of hydrogen-bond acceptors (Lipinski definition) is 8. The number of nitrogens with zero attached hydrogens (tertiary/aromatic N) is 3. The monoisotopic (exact) mass is 539 g/mol. The number of aromatic nitrogens is 2. The number of anilines is 2. The molecule has 0 radical (unpaired) electrons. The number of guanidine groups is 1. The zero-order valence-electron chi connectivity index (χ0n) is 21.6. The third-order valence-electron chi connectivity index (χ3n) is 6.21. The summed E-state index contributed by atoms with van der Waals surface area (Å²) in [6.45, 7) is 0.446. The molecule has 38 heavy (non-hydrogen) atoms. The summed E-state index contributed by atoms with van der Waals surface area (Å²) in [6, 6.07) is 12.2. The second-order valence-electron chi connectivity index (χ2n) is 8.74. The molecule has 12 heteroatoms. The van der Waals surface area contributed by atoms with Gasteiger partial charge >= 0.3 is 0 Å². The van der Waals surface area contributed by atoms with Gasteiger partial charge in [-0.05, 0) is 61.1 Å². The third-order valence-corrected chi connectivity index (χ3v) is 6.47. The molecule has 1 atom stereocenters. The molecule has 3 aromatic rings. The maximum Gasteiger partial charge on any atom is 0.280 e. The Bertz CT molecular complexity index is 1330. The fourth-order valence-electron chi connectivity index (χ4n) is 4.18. The van der Waals surface area contributed by atoms with Gasteiger partial charge in [-0.1, -0.05) is 48.0 Å². The first-order valence-corrected chi connectivity index (χ1v) is 12.7. The number of aryl methyl sites for hydroxylation is 2. The van der Waals surface area contributed by atoms with E-state index in [4.69, 9.17) is 28.8 Å². The molecule has 1 aromatic heterocycles. The van der Waals surface area contributed by atoms with E-state index in [1.165, 1.54) is 21.9 Å². The first-order valence-electron chi connectivity index (χ1n) is 12.3. The highest BCUT2D eigenvalue weighted by molar-refractivity contribution is 6.32. The molecule has 0 fully saturated rings. The van der Waals surface area contributed by atoms with Crippen molar-refractivity contribution < 1.29 is 9.59 Å². The number of fused-ring (bicyclic) bond motifs is 1. The van der Waals surface area contributed by atoms with Crippen LogP contribution in [-0.4, -0.2) is 54.4 Å². The maximum absolute atomic E-state index is 12.4. The Kier molecular flexibility index (Phi) is 10.2. The normalized spacial score (nSPS) is 12.3. The molecule has 2 aromatic carbocycles. The molecule has 1 heterocycles. The number of primary amides is 1. The molecule has 0 aliphatic heterocycles. The van der Waals surface area contributed by atoms with E-state index in [9.17, 15) is 9.59 Å². The van der Waals surface area contributed by atoms with Crippen LogP contribution >= 0.6 is 11.6 Å². The predicted molar refractivity (Wildman–Crippen MR) is 152 cm³/mol. The summed E-state index contributed by atoms with van der Waals surface area (Å²) in [5.74, 6) is -0.811. The lowest BCUT2D eigenvalue weighted by Gasteiger charge is -2.15. The van der Waals surface area contributed by atoms with Crippen LogP contribution in [-0.2, 0) is 17.6 Å². The fraction of sp³-hybridized carbons (Fsp3) is 0.346. The van der Waals surface area contributed by atoms with Gasteiger partial charge in [0.25, 0.3) is 5.91 Å². The Labute approximate surface area is 226 Å². The van der Waals surface area contributed by atoms with Crippen LogP contribution in [0.2, 0.25) is 5.15 Å². The number of nitrogen functional groups attached to an aromatic ring is 1. The largest absolute Gasteiger partial charge is 0.382 e. The summed E-state index contributed by atoms with van der Waals surface area (Å²) in [6.07, 6.45) is 3.92. The molecule has 3 rings (SSSR count). The highest BCUT2D eigenvalue weighted by atomic mass is 35.5. The van der Waals surface area contributed by atoms with Gasteiger partial charge in [-0.2, -0.15) is 0 Å². The van der Waals surface area contributed by atoms with Crippen LogP contribution in [0, 0.1) is 0 Å². The van der Waals surface area contributed by atoms with Crippen LogP contribution in [0.1, 0.15) is 40.9 Å². The molecule has 0 aliphatic carbocycles. The van der Waals surface area contributed by atoms with Crippen LogP contribution < -0.4 is 33.2 Å². The number of carbonyl (C=O) groups excluding carboxylic acids is 2. The van der Waals surface area contributed by atoms with Crippen molar-refractivity contribution in [3.63, 3.8) is 0 Å². The van der Waals surface area contributed by atoms with Crippen LogP contribution in [0.25, 0.3) is 10.8 Å². The summed E-state index contributed by atoms with van der Waals surface area (Å²) >= 11 is 5.99. The van der Waals surface area contributed by atoms with Crippen LogP contribution in [0.15, 0.2) is 41.4 Å². The van der Waals surface area contributed by atoms with Gasteiger partial charge in [0.2, 0.25) is 5.91 Å². The molecule has 11 nitrogen and oxygen atoms in total. The van der Waals surface area contributed by atoms with E-state index in [1.54, 1.807) is 14.1 Å². The first kappa shape index (κ1) is 28.6. The number of amides is 2. The minimum atomic E-state index is -0.635. The average molecular weight is 540 g/mol. The Morgan fingerprint density at radius 1 is 1.00 bits per heavy atom. The number of rotatable bonds is 12. The van der Waals surface area contributed by atoms with Crippen LogP contribution in [0.4, 0.5) is 11.6 Å². The molecule has 0 saturated carbocycles. The smallest absolute Gasteiger partial charge is 0.280 e. The number of unbranched alkanes of at least 4 members (excludes halogenated alkanes) is 1. The molecule has 9 N–H and O–H groups in total. The van der Waals surface area contributed by atoms with Gasteiger partial charge in [-0.25, -0.2) is 9.97 Å². The second-order valence-corrected chi connectivity index (χ2v) is 9.09. The van der Waals surface area contributed by atoms with E-state index in [1.807, 2.05) is 12.1 Å². The number of nitrogens with one attached hydrogen (secondary N) is 3. The van der Waals surface area contributed by atoms with E-state index in [-0.39, 0.29) is 40.4 Å². The van der Waals surface area contributed by atoms with Crippen molar-refractivity contribution in [3.05, 3.63) is 58.4 Å². The molecule has 0 saturated heterocycles. The molecule has 0 spiro atoms. The van der Waals surface area contributed by atoms with E-state index >= 15 is 0 Å². The van der Waals surface area contributed by atoms with Gasteiger partial charge in [0, 0.05) is 13.6 Å². The molecule has 1 unspecified atom stereocenters. The summed E-state index contributed by atoms with van der Waals surface area (Å²) in [7, 11) is 3.36. The van der Waals surface area contributed by atoms with E-state index in [2.05, 4.69) is 55.2 Å². The number of likely N-dealkylation sites (N-methyl/N-ethyl adjacent to an activating group) is 1. The quantitative estimate of drug-likeness (QED) is 0.114. The number of halogens is 1. The lowest BCUT2D eigenvalue weighted by Crippen LogP contribution is -2.39. The molecule has 0 aliphatic rings. The summed E-state index contributed by atoms with van der Waals surface area (Å²) in [5.41, 5.74) is 19.4. The second kappa shape index (κ2) is 13.5. The van der Waals surface area contributed by atoms with E-state index in [0.29, 0.717) is 13.0 Å². The SMILES string of the molecule is CNc1nc(N)c(C(=O)NC(N)=NCCCCc2ccc(CCC(NC)C(N)=O)c3ccccc23)nc1Cl. The Hall–Kier alpha value is -3.96. The van der Waals surface area contributed by atoms with Gasteiger partial charge in [-0.3, -0.25) is 19.9 Å². The maximum atomic E-state index is 12.4. The van der Waals surface area contributed by atoms with Crippen LogP contribution in [0.5, 0.6) is 0 Å². The highest BCUT2D eigenvalue weighted by Crippen LogP contribution is 2.25. The van der Waals surface area contributed by atoms with Crippen molar-refractivity contribution in [2.24, 2.45) is 16.5 Å². The Morgan fingerprint density at radius 2 is 1.66 bits per heavy atom. The topological polar surface area (TPSA) is 186 Å². The fourth-order valence-corrected chi connectivity index (χ4v) is 4.41. The van der Waals surface area contributed by atoms with Crippen molar-refractivity contribution in [1.82, 2.24) is 20.6 Å². The van der Waals surface area contributed by atoms with Gasteiger partial charge in [0.1, 0.15) is 0 Å². The minimum absolute atomic E-state index is 0.0238. The highest BCUT2D eigenvalue weighted by Gasteiger charge is 2.17. The first-order chi connectivity index (χ1) is 18.2. The average Bonchev–Trinajstić information content (AvgIpc) is 2.90. The number of hydrogen-bond donors (Lipinski definition) is 6.